The molecule has 1 fully saturated rings. The minimum absolute atomic E-state index is 0.143. The molecule has 1 aliphatic rings. The number of hydrogen-bond donors (Lipinski definition) is 0. The Hall–Kier alpha value is -1.85. The standard InChI is InChI=1S/C16H18ClN3O2/c1-12(21)20-7-5-19(6-8-20)10-15-11-22-16(18-15)13-3-2-4-14(17)9-13/h2-4,9,11H,5-8,10H2,1H3. The Balaban J connectivity index is 1.62. The molecule has 1 amide bonds. The number of carbonyl (C=O) groups is 1. The van der Waals surface area contributed by atoms with Gasteiger partial charge < -0.3 is 9.32 Å². The molecule has 6 heteroatoms. The van der Waals surface area contributed by atoms with Crippen LogP contribution in [0, 0.1) is 0 Å². The summed E-state index contributed by atoms with van der Waals surface area (Å²) < 4.78 is 5.55. The number of piperazine rings is 1. The molecule has 3 rings (SSSR count). The second-order valence-electron chi connectivity index (χ2n) is 5.44. The molecule has 1 aromatic heterocycles. The Morgan fingerprint density at radius 2 is 2.09 bits per heavy atom. The zero-order valence-electron chi connectivity index (χ0n) is 12.5. The highest BCUT2D eigenvalue weighted by molar-refractivity contribution is 6.30. The first-order valence-electron chi connectivity index (χ1n) is 7.30. The van der Waals surface area contributed by atoms with Gasteiger partial charge >= 0.3 is 0 Å². The van der Waals surface area contributed by atoms with Gasteiger partial charge in [0.25, 0.3) is 0 Å². The monoisotopic (exact) mass is 319 g/mol. The van der Waals surface area contributed by atoms with Crippen LogP contribution in [-0.2, 0) is 11.3 Å². The molecule has 0 saturated carbocycles. The smallest absolute Gasteiger partial charge is 0.226 e. The van der Waals surface area contributed by atoms with Crippen molar-refractivity contribution < 1.29 is 9.21 Å². The minimum atomic E-state index is 0.143. The molecule has 0 unspecified atom stereocenters. The van der Waals surface area contributed by atoms with Gasteiger partial charge in [-0.25, -0.2) is 4.98 Å². The summed E-state index contributed by atoms with van der Waals surface area (Å²) in [4.78, 5) is 20.0. The number of amides is 1. The van der Waals surface area contributed by atoms with Crippen molar-refractivity contribution in [2.45, 2.75) is 13.5 Å². The Morgan fingerprint density at radius 1 is 1.32 bits per heavy atom. The predicted molar refractivity (Wildman–Crippen MR) is 84.5 cm³/mol. The third-order valence-electron chi connectivity index (χ3n) is 3.83. The lowest BCUT2D eigenvalue weighted by molar-refractivity contribution is -0.130. The summed E-state index contributed by atoms with van der Waals surface area (Å²) in [6, 6.07) is 7.46. The van der Waals surface area contributed by atoms with Gasteiger partial charge in [0.1, 0.15) is 6.26 Å². The van der Waals surface area contributed by atoms with Gasteiger partial charge in [-0.3, -0.25) is 9.69 Å². The summed E-state index contributed by atoms with van der Waals surface area (Å²) in [6.07, 6.45) is 1.69. The molecule has 0 radical (unpaired) electrons. The van der Waals surface area contributed by atoms with Crippen LogP contribution >= 0.6 is 11.6 Å². The number of hydrogen-bond acceptors (Lipinski definition) is 4. The van der Waals surface area contributed by atoms with E-state index in [0.717, 1.165) is 44.0 Å². The minimum Gasteiger partial charge on any atom is -0.444 e. The lowest BCUT2D eigenvalue weighted by atomic mass is 10.2. The molecular weight excluding hydrogens is 302 g/mol. The van der Waals surface area contributed by atoms with Crippen LogP contribution in [0.25, 0.3) is 11.5 Å². The largest absolute Gasteiger partial charge is 0.444 e. The van der Waals surface area contributed by atoms with Crippen LogP contribution in [0.3, 0.4) is 0 Å². The molecule has 2 aromatic rings. The lowest BCUT2D eigenvalue weighted by Crippen LogP contribution is -2.47. The summed E-state index contributed by atoms with van der Waals surface area (Å²) in [7, 11) is 0. The van der Waals surface area contributed by atoms with E-state index in [1.807, 2.05) is 29.2 Å². The van der Waals surface area contributed by atoms with Gasteiger partial charge in [0, 0.05) is 50.2 Å². The SMILES string of the molecule is CC(=O)N1CCN(Cc2coc(-c3cccc(Cl)c3)n2)CC1. The highest BCUT2D eigenvalue weighted by atomic mass is 35.5. The van der Waals surface area contributed by atoms with E-state index in [9.17, 15) is 4.79 Å². The van der Waals surface area contributed by atoms with E-state index < -0.39 is 0 Å². The number of rotatable bonds is 3. The van der Waals surface area contributed by atoms with Crippen molar-refractivity contribution >= 4 is 17.5 Å². The normalized spacial score (nSPS) is 16.0. The molecule has 1 aromatic carbocycles. The summed E-state index contributed by atoms with van der Waals surface area (Å²) in [5.41, 5.74) is 1.77. The maximum Gasteiger partial charge on any atom is 0.226 e. The van der Waals surface area contributed by atoms with Crippen molar-refractivity contribution in [2.24, 2.45) is 0 Å². The maximum atomic E-state index is 11.3. The van der Waals surface area contributed by atoms with E-state index >= 15 is 0 Å². The molecule has 5 nitrogen and oxygen atoms in total. The van der Waals surface area contributed by atoms with Crippen molar-refractivity contribution in [1.29, 1.82) is 0 Å². The molecule has 0 bridgehead atoms. The van der Waals surface area contributed by atoms with Gasteiger partial charge in [0.15, 0.2) is 0 Å². The fourth-order valence-corrected chi connectivity index (χ4v) is 2.77. The number of benzene rings is 1. The fraction of sp³-hybridized carbons (Fsp3) is 0.375. The van der Waals surface area contributed by atoms with Gasteiger partial charge in [-0.15, -0.1) is 0 Å². The van der Waals surface area contributed by atoms with Crippen LogP contribution in [0.5, 0.6) is 0 Å². The average molecular weight is 320 g/mol. The Bertz CT molecular complexity index is 663. The van der Waals surface area contributed by atoms with Gasteiger partial charge in [-0.1, -0.05) is 17.7 Å². The molecular formula is C16H18ClN3O2. The molecule has 22 heavy (non-hydrogen) atoms. The Kier molecular flexibility index (Phi) is 4.45. The quantitative estimate of drug-likeness (QED) is 0.872. The zero-order chi connectivity index (χ0) is 15.5. The van der Waals surface area contributed by atoms with Crippen LogP contribution in [0.4, 0.5) is 0 Å². The Morgan fingerprint density at radius 3 is 2.77 bits per heavy atom. The summed E-state index contributed by atoms with van der Waals surface area (Å²) >= 11 is 5.99. The van der Waals surface area contributed by atoms with E-state index in [1.54, 1.807) is 13.2 Å². The van der Waals surface area contributed by atoms with E-state index in [-0.39, 0.29) is 5.91 Å². The third-order valence-corrected chi connectivity index (χ3v) is 4.06. The third kappa shape index (κ3) is 3.48. The highest BCUT2D eigenvalue weighted by Gasteiger charge is 2.19. The highest BCUT2D eigenvalue weighted by Crippen LogP contribution is 2.22. The molecule has 0 N–H and O–H groups in total. The van der Waals surface area contributed by atoms with Crippen LogP contribution in [-0.4, -0.2) is 46.9 Å². The number of nitrogens with zero attached hydrogens (tertiary/aromatic N) is 3. The molecule has 2 heterocycles. The summed E-state index contributed by atoms with van der Waals surface area (Å²) in [6.45, 7) is 5.61. The Labute approximate surface area is 134 Å². The predicted octanol–water partition coefficient (Wildman–Crippen LogP) is 2.66. The first kappa shape index (κ1) is 15.1. The van der Waals surface area contributed by atoms with Crippen LogP contribution < -0.4 is 0 Å². The van der Waals surface area contributed by atoms with Crippen LogP contribution in [0.1, 0.15) is 12.6 Å². The van der Waals surface area contributed by atoms with E-state index in [2.05, 4.69) is 9.88 Å². The van der Waals surface area contributed by atoms with Crippen LogP contribution in [0.15, 0.2) is 34.9 Å². The first-order chi connectivity index (χ1) is 10.6. The van der Waals surface area contributed by atoms with E-state index in [0.29, 0.717) is 10.9 Å². The lowest BCUT2D eigenvalue weighted by Gasteiger charge is -2.33. The zero-order valence-corrected chi connectivity index (χ0v) is 13.2. The van der Waals surface area contributed by atoms with Crippen molar-refractivity contribution in [3.63, 3.8) is 0 Å². The molecule has 1 aliphatic heterocycles. The van der Waals surface area contributed by atoms with Crippen LogP contribution in [0.2, 0.25) is 5.02 Å². The van der Waals surface area contributed by atoms with Crippen molar-refractivity contribution in [2.75, 3.05) is 26.2 Å². The molecule has 0 spiro atoms. The second kappa shape index (κ2) is 6.50. The van der Waals surface area contributed by atoms with Gasteiger partial charge in [-0.05, 0) is 18.2 Å². The van der Waals surface area contributed by atoms with Gasteiger partial charge in [0.05, 0.1) is 5.69 Å². The average Bonchev–Trinajstić information content (AvgIpc) is 2.96. The van der Waals surface area contributed by atoms with Gasteiger partial charge in [0.2, 0.25) is 11.8 Å². The molecule has 0 aliphatic carbocycles. The molecule has 0 atom stereocenters. The first-order valence-corrected chi connectivity index (χ1v) is 7.68. The number of carbonyl (C=O) groups excluding carboxylic acids is 1. The topological polar surface area (TPSA) is 49.6 Å². The fourth-order valence-electron chi connectivity index (χ4n) is 2.58. The maximum absolute atomic E-state index is 11.3. The number of oxazole rings is 1. The summed E-state index contributed by atoms with van der Waals surface area (Å²) in [5.74, 6) is 0.726. The molecule has 1 saturated heterocycles. The summed E-state index contributed by atoms with van der Waals surface area (Å²) in [5, 5.41) is 0.664. The van der Waals surface area contributed by atoms with E-state index in [1.165, 1.54) is 0 Å². The van der Waals surface area contributed by atoms with Crippen molar-refractivity contribution in [3.05, 3.63) is 41.2 Å². The number of aromatic nitrogens is 1. The molecule has 116 valence electrons. The van der Waals surface area contributed by atoms with Crippen molar-refractivity contribution in [1.82, 2.24) is 14.8 Å². The number of halogens is 1. The second-order valence-corrected chi connectivity index (χ2v) is 5.87. The van der Waals surface area contributed by atoms with Gasteiger partial charge in [-0.2, -0.15) is 0 Å². The van der Waals surface area contributed by atoms with Crippen molar-refractivity contribution in [3.8, 4) is 11.5 Å². The van der Waals surface area contributed by atoms with E-state index in [4.69, 9.17) is 16.0 Å².